The minimum atomic E-state index is 0.487. The molecule has 0 aromatic heterocycles. The average Bonchev–Trinajstić information content (AvgIpc) is 2.25. The maximum atomic E-state index is 5.28. The number of rotatable bonds is 4. The van der Waals surface area contributed by atoms with E-state index in [1.807, 2.05) is 0 Å². The molecule has 0 aromatic carbocycles. The molecule has 1 saturated carbocycles. The van der Waals surface area contributed by atoms with Crippen molar-refractivity contribution in [2.45, 2.75) is 52.5 Å². The van der Waals surface area contributed by atoms with Crippen LogP contribution in [-0.4, -0.2) is 26.8 Å². The molecular weight excluding hydrogens is 198 g/mol. The van der Waals surface area contributed by atoms with Crippen molar-refractivity contribution in [2.75, 3.05) is 20.8 Å². The molecule has 1 aliphatic rings. The Balaban J connectivity index is 2.41. The van der Waals surface area contributed by atoms with Crippen molar-refractivity contribution in [3.05, 3.63) is 0 Å². The van der Waals surface area contributed by atoms with Gasteiger partial charge < -0.3 is 10.1 Å². The van der Waals surface area contributed by atoms with Crippen LogP contribution in [0, 0.1) is 17.3 Å². The highest BCUT2D eigenvalue weighted by atomic mass is 16.5. The first-order chi connectivity index (χ1) is 7.49. The molecule has 2 nitrogen and oxygen atoms in total. The number of nitrogens with one attached hydrogen (secondary N) is 1. The van der Waals surface area contributed by atoms with Crippen molar-refractivity contribution < 1.29 is 4.74 Å². The summed E-state index contributed by atoms with van der Waals surface area (Å²) in [6, 6.07) is 0.547. The van der Waals surface area contributed by atoms with E-state index in [4.69, 9.17) is 4.74 Å². The normalized spacial score (nSPS) is 29.1. The Morgan fingerprint density at radius 1 is 1.19 bits per heavy atom. The number of methoxy groups -OCH3 is 1. The molecule has 1 N–H and O–H groups in total. The van der Waals surface area contributed by atoms with Crippen molar-refractivity contribution in [3.8, 4) is 0 Å². The van der Waals surface area contributed by atoms with Crippen molar-refractivity contribution in [1.29, 1.82) is 0 Å². The zero-order valence-corrected chi connectivity index (χ0v) is 11.7. The third kappa shape index (κ3) is 3.74. The average molecular weight is 227 g/mol. The van der Waals surface area contributed by atoms with Gasteiger partial charge in [0, 0.05) is 13.2 Å². The first-order valence-corrected chi connectivity index (χ1v) is 6.65. The van der Waals surface area contributed by atoms with Crippen LogP contribution in [0.5, 0.6) is 0 Å². The molecule has 2 heteroatoms. The lowest BCUT2D eigenvalue weighted by molar-refractivity contribution is 0.0952. The molecule has 0 radical (unpaired) electrons. The number of hydrogen-bond donors (Lipinski definition) is 1. The summed E-state index contributed by atoms with van der Waals surface area (Å²) in [6.45, 7) is 7.98. The van der Waals surface area contributed by atoms with Crippen LogP contribution >= 0.6 is 0 Å². The SMILES string of the molecule is CNC(COC)C1CCC(C(C)(C)C)CC1. The van der Waals surface area contributed by atoms with E-state index < -0.39 is 0 Å². The van der Waals surface area contributed by atoms with Gasteiger partial charge in [-0.2, -0.15) is 0 Å². The van der Waals surface area contributed by atoms with Crippen LogP contribution in [0.15, 0.2) is 0 Å². The van der Waals surface area contributed by atoms with E-state index in [-0.39, 0.29) is 0 Å². The Bertz CT molecular complexity index is 189. The molecule has 0 aromatic rings. The smallest absolute Gasteiger partial charge is 0.0618 e. The second-order valence-corrected chi connectivity index (χ2v) is 6.33. The molecule has 0 aliphatic heterocycles. The summed E-state index contributed by atoms with van der Waals surface area (Å²) in [4.78, 5) is 0. The number of ether oxygens (including phenoxy) is 1. The standard InChI is InChI=1S/C14H29NO/c1-14(2,3)12-8-6-11(7-9-12)13(15-4)10-16-5/h11-13,15H,6-10H2,1-5H3. The van der Waals surface area contributed by atoms with Gasteiger partial charge in [-0.15, -0.1) is 0 Å². The summed E-state index contributed by atoms with van der Waals surface area (Å²) in [5.41, 5.74) is 0.487. The Hall–Kier alpha value is -0.0800. The molecule has 1 unspecified atom stereocenters. The molecule has 1 fully saturated rings. The van der Waals surface area contributed by atoms with Crippen molar-refractivity contribution in [3.63, 3.8) is 0 Å². The lowest BCUT2D eigenvalue weighted by atomic mass is 9.68. The molecule has 96 valence electrons. The van der Waals surface area contributed by atoms with Gasteiger partial charge >= 0.3 is 0 Å². The summed E-state index contributed by atoms with van der Waals surface area (Å²) >= 11 is 0. The fourth-order valence-corrected chi connectivity index (χ4v) is 3.02. The van der Waals surface area contributed by atoms with E-state index in [0.717, 1.165) is 18.4 Å². The predicted molar refractivity (Wildman–Crippen MR) is 69.6 cm³/mol. The second-order valence-electron chi connectivity index (χ2n) is 6.33. The van der Waals surface area contributed by atoms with Crippen LogP contribution in [0.1, 0.15) is 46.5 Å². The van der Waals surface area contributed by atoms with Crippen LogP contribution < -0.4 is 5.32 Å². The zero-order chi connectivity index (χ0) is 12.2. The Morgan fingerprint density at radius 3 is 2.12 bits per heavy atom. The monoisotopic (exact) mass is 227 g/mol. The Morgan fingerprint density at radius 2 is 1.75 bits per heavy atom. The van der Waals surface area contributed by atoms with Crippen LogP contribution in [0.3, 0.4) is 0 Å². The van der Waals surface area contributed by atoms with Crippen LogP contribution in [0.25, 0.3) is 0 Å². The molecule has 1 rings (SSSR count). The van der Waals surface area contributed by atoms with Gasteiger partial charge in [-0.1, -0.05) is 20.8 Å². The van der Waals surface area contributed by atoms with Crippen molar-refractivity contribution in [2.24, 2.45) is 17.3 Å². The highest BCUT2D eigenvalue weighted by Crippen LogP contribution is 2.40. The quantitative estimate of drug-likeness (QED) is 0.797. The third-order valence-corrected chi connectivity index (χ3v) is 4.28. The molecule has 16 heavy (non-hydrogen) atoms. The van der Waals surface area contributed by atoms with Gasteiger partial charge in [0.15, 0.2) is 0 Å². The fourth-order valence-electron chi connectivity index (χ4n) is 3.02. The van der Waals surface area contributed by atoms with E-state index in [1.54, 1.807) is 7.11 Å². The summed E-state index contributed by atoms with van der Waals surface area (Å²) in [5.74, 6) is 1.72. The first-order valence-electron chi connectivity index (χ1n) is 6.65. The molecule has 1 atom stereocenters. The molecule has 0 spiro atoms. The summed E-state index contributed by atoms with van der Waals surface area (Å²) in [6.07, 6.45) is 5.49. The number of hydrogen-bond acceptors (Lipinski definition) is 2. The Labute approximate surface area is 101 Å². The van der Waals surface area contributed by atoms with E-state index in [2.05, 4.69) is 33.1 Å². The molecule has 0 heterocycles. The minimum Gasteiger partial charge on any atom is -0.383 e. The molecule has 0 saturated heterocycles. The van der Waals surface area contributed by atoms with Crippen LogP contribution in [0.4, 0.5) is 0 Å². The molecular formula is C14H29NO. The lowest BCUT2D eigenvalue weighted by Crippen LogP contribution is -2.40. The van der Waals surface area contributed by atoms with Gasteiger partial charge in [-0.3, -0.25) is 0 Å². The van der Waals surface area contributed by atoms with E-state index in [0.29, 0.717) is 11.5 Å². The van der Waals surface area contributed by atoms with Crippen LogP contribution in [-0.2, 0) is 4.74 Å². The second kappa shape index (κ2) is 6.02. The highest BCUT2D eigenvalue weighted by molar-refractivity contribution is 4.85. The van der Waals surface area contributed by atoms with Crippen molar-refractivity contribution >= 4 is 0 Å². The fraction of sp³-hybridized carbons (Fsp3) is 1.00. The van der Waals surface area contributed by atoms with Gasteiger partial charge in [-0.05, 0) is 50.0 Å². The Kier molecular flexibility index (Phi) is 5.26. The van der Waals surface area contributed by atoms with Gasteiger partial charge in [-0.25, -0.2) is 0 Å². The van der Waals surface area contributed by atoms with Gasteiger partial charge in [0.05, 0.1) is 6.61 Å². The van der Waals surface area contributed by atoms with Crippen LogP contribution in [0.2, 0.25) is 0 Å². The summed E-state index contributed by atoms with van der Waals surface area (Å²) < 4.78 is 5.28. The predicted octanol–water partition coefficient (Wildman–Crippen LogP) is 3.07. The summed E-state index contributed by atoms with van der Waals surface area (Å²) in [5, 5.41) is 3.40. The third-order valence-electron chi connectivity index (χ3n) is 4.28. The highest BCUT2D eigenvalue weighted by Gasteiger charge is 2.32. The topological polar surface area (TPSA) is 21.3 Å². The molecule has 0 bridgehead atoms. The van der Waals surface area contributed by atoms with Gasteiger partial charge in [0.1, 0.15) is 0 Å². The van der Waals surface area contributed by atoms with Gasteiger partial charge in [0.25, 0.3) is 0 Å². The zero-order valence-electron chi connectivity index (χ0n) is 11.7. The van der Waals surface area contributed by atoms with Gasteiger partial charge in [0.2, 0.25) is 0 Å². The minimum absolute atomic E-state index is 0.487. The maximum Gasteiger partial charge on any atom is 0.0618 e. The maximum absolute atomic E-state index is 5.28. The van der Waals surface area contributed by atoms with Crippen molar-refractivity contribution in [1.82, 2.24) is 5.32 Å². The summed E-state index contributed by atoms with van der Waals surface area (Å²) in [7, 11) is 3.85. The lowest BCUT2D eigenvalue weighted by Gasteiger charge is -2.39. The molecule has 1 aliphatic carbocycles. The van der Waals surface area contributed by atoms with E-state index >= 15 is 0 Å². The number of likely N-dealkylation sites (N-methyl/N-ethyl adjacent to an activating group) is 1. The van der Waals surface area contributed by atoms with E-state index in [1.165, 1.54) is 25.7 Å². The first kappa shape index (κ1) is 14.0. The van der Waals surface area contributed by atoms with E-state index in [9.17, 15) is 0 Å². The molecule has 0 amide bonds. The largest absolute Gasteiger partial charge is 0.383 e.